The van der Waals surface area contributed by atoms with Crippen LogP contribution in [-0.4, -0.2) is 60.3 Å². The number of ketones is 1. The van der Waals surface area contributed by atoms with Crippen LogP contribution in [0.4, 0.5) is 0 Å². The molecule has 3 atom stereocenters. The van der Waals surface area contributed by atoms with Crippen molar-refractivity contribution >= 4 is 39.2 Å². The van der Waals surface area contributed by atoms with E-state index in [2.05, 4.69) is 20.2 Å². The molecule has 0 aliphatic heterocycles. The number of hydrogen-bond acceptors (Lipinski definition) is 6. The topological polar surface area (TPSA) is 127 Å². The van der Waals surface area contributed by atoms with Crippen molar-refractivity contribution in [2.75, 3.05) is 20.6 Å². The number of Topliss-reactive ketones (excluding diaryl/α,β-unsaturated/α-hetero) is 1. The molecule has 0 spiro atoms. The number of nitrogens with two attached hydrogens (primary N) is 2. The van der Waals surface area contributed by atoms with Gasteiger partial charge in [-0.2, -0.15) is 0 Å². The van der Waals surface area contributed by atoms with Crippen LogP contribution in [0.25, 0.3) is 10.2 Å². The van der Waals surface area contributed by atoms with Crippen LogP contribution in [0.2, 0.25) is 0 Å². The van der Waals surface area contributed by atoms with E-state index in [0.29, 0.717) is 24.4 Å². The van der Waals surface area contributed by atoms with Gasteiger partial charge in [0.15, 0.2) is 11.0 Å². The molecule has 1 aromatic heterocycles. The molecule has 1 heterocycles. The van der Waals surface area contributed by atoms with Crippen molar-refractivity contribution in [2.45, 2.75) is 58.0 Å². The molecule has 8 nitrogen and oxygen atoms in total. The molecule has 2 aromatic rings. The molecule has 1 aliphatic carbocycles. The molecule has 1 saturated carbocycles. The van der Waals surface area contributed by atoms with Gasteiger partial charge in [0.2, 0.25) is 11.7 Å². The molecule has 1 fully saturated rings. The molecule has 3 unspecified atom stereocenters. The maximum Gasteiger partial charge on any atom is 0.225 e. The molecule has 0 radical (unpaired) electrons. The van der Waals surface area contributed by atoms with Gasteiger partial charge in [-0.25, -0.2) is 4.98 Å². The molecule has 0 saturated heterocycles. The fourth-order valence-electron chi connectivity index (χ4n) is 4.04. The summed E-state index contributed by atoms with van der Waals surface area (Å²) in [4.78, 5) is 36.9. The number of para-hydroxylation sites is 1. The third kappa shape index (κ3) is 6.74. The minimum Gasteiger partial charge on any atom is -0.370 e. The molecule has 1 amide bonds. The van der Waals surface area contributed by atoms with E-state index in [-0.39, 0.29) is 29.6 Å². The normalized spacial score (nSPS) is 18.7. The van der Waals surface area contributed by atoms with Gasteiger partial charge >= 0.3 is 0 Å². The molecule has 0 bridgehead atoms. The minimum atomic E-state index is -0.643. The molecule has 9 heteroatoms. The summed E-state index contributed by atoms with van der Waals surface area (Å²) in [6.07, 6.45) is 3.89. The smallest absolute Gasteiger partial charge is 0.225 e. The number of fused-ring (bicyclic) bond motifs is 1. The van der Waals surface area contributed by atoms with Gasteiger partial charge in [-0.3, -0.25) is 14.6 Å². The van der Waals surface area contributed by atoms with Gasteiger partial charge in [0, 0.05) is 12.6 Å². The summed E-state index contributed by atoms with van der Waals surface area (Å²) in [5, 5.41) is 3.43. The maximum atomic E-state index is 13.2. The van der Waals surface area contributed by atoms with E-state index < -0.39 is 6.04 Å². The van der Waals surface area contributed by atoms with Crippen molar-refractivity contribution < 1.29 is 9.59 Å². The monoisotopic (exact) mass is 460 g/mol. The zero-order valence-corrected chi connectivity index (χ0v) is 20.3. The second kappa shape index (κ2) is 12.5. The van der Waals surface area contributed by atoms with Crippen LogP contribution in [0.5, 0.6) is 0 Å². The summed E-state index contributed by atoms with van der Waals surface area (Å²) in [5.74, 6) is -0.308. The van der Waals surface area contributed by atoms with Crippen LogP contribution < -0.4 is 16.8 Å². The lowest BCUT2D eigenvalue weighted by Gasteiger charge is -2.27. The van der Waals surface area contributed by atoms with Gasteiger partial charge < -0.3 is 21.7 Å². The lowest BCUT2D eigenvalue weighted by Crippen LogP contribution is -2.47. The molecule has 3 rings (SSSR count). The van der Waals surface area contributed by atoms with E-state index in [9.17, 15) is 9.59 Å². The predicted molar refractivity (Wildman–Crippen MR) is 132 cm³/mol. The Morgan fingerprint density at radius 2 is 1.97 bits per heavy atom. The number of rotatable bonds is 9. The summed E-state index contributed by atoms with van der Waals surface area (Å²) in [5.41, 5.74) is 11.6. The minimum absolute atomic E-state index is 0.0212. The van der Waals surface area contributed by atoms with Crippen molar-refractivity contribution in [3.8, 4) is 0 Å². The molecule has 32 heavy (non-hydrogen) atoms. The van der Waals surface area contributed by atoms with Gasteiger partial charge in [-0.05, 0) is 51.9 Å². The van der Waals surface area contributed by atoms with Crippen LogP contribution in [-0.2, 0) is 4.79 Å². The first-order valence-corrected chi connectivity index (χ1v) is 12.1. The lowest BCUT2D eigenvalue weighted by atomic mass is 9.99. The number of amides is 1. The Morgan fingerprint density at radius 3 is 2.62 bits per heavy atom. The van der Waals surface area contributed by atoms with Crippen LogP contribution in [0.1, 0.15) is 55.8 Å². The van der Waals surface area contributed by atoms with Crippen LogP contribution in [0.3, 0.4) is 0 Å². The van der Waals surface area contributed by atoms with Crippen molar-refractivity contribution in [2.24, 2.45) is 22.4 Å². The number of aromatic nitrogens is 1. The summed E-state index contributed by atoms with van der Waals surface area (Å²) in [6.45, 7) is 4.41. The second-order valence-corrected chi connectivity index (χ2v) is 8.96. The Hall–Kier alpha value is -2.52. The number of nitrogens with one attached hydrogen (secondary N) is 1. The van der Waals surface area contributed by atoms with Gasteiger partial charge in [0.25, 0.3) is 0 Å². The first kappa shape index (κ1) is 25.7. The van der Waals surface area contributed by atoms with E-state index in [1.54, 1.807) is 0 Å². The Bertz CT molecular complexity index is 889. The summed E-state index contributed by atoms with van der Waals surface area (Å²) in [7, 11) is 3.99. The van der Waals surface area contributed by atoms with Gasteiger partial charge in [0.1, 0.15) is 0 Å². The Morgan fingerprint density at radius 1 is 1.25 bits per heavy atom. The Balaban J connectivity index is 0.00000176. The first-order valence-electron chi connectivity index (χ1n) is 11.3. The number of carbonyl (C=O) groups is 2. The molecule has 5 N–H and O–H groups in total. The number of benzene rings is 1. The number of hydrogen-bond donors (Lipinski definition) is 3. The van der Waals surface area contributed by atoms with Crippen LogP contribution in [0, 0.1) is 5.92 Å². The fourth-order valence-corrected chi connectivity index (χ4v) is 5.00. The van der Waals surface area contributed by atoms with Crippen molar-refractivity contribution in [3.63, 3.8) is 0 Å². The number of guanidine groups is 1. The quantitative estimate of drug-likeness (QED) is 0.229. The summed E-state index contributed by atoms with van der Waals surface area (Å²) in [6, 6.07) is 7.20. The summed E-state index contributed by atoms with van der Waals surface area (Å²) < 4.78 is 0.954. The highest BCUT2D eigenvalue weighted by molar-refractivity contribution is 7.20. The van der Waals surface area contributed by atoms with E-state index in [1.807, 2.05) is 52.2 Å². The number of nitrogens with zero attached hydrogens (tertiary/aromatic N) is 3. The molecule has 176 valence electrons. The van der Waals surface area contributed by atoms with E-state index in [4.69, 9.17) is 11.5 Å². The van der Waals surface area contributed by atoms with Crippen LogP contribution in [0.15, 0.2) is 29.3 Å². The molecular formula is C23H36N6O2S. The summed E-state index contributed by atoms with van der Waals surface area (Å²) >= 11 is 1.35. The first-order chi connectivity index (χ1) is 15.4. The Kier molecular flexibility index (Phi) is 10.1. The average molecular weight is 461 g/mol. The molecular weight excluding hydrogens is 424 g/mol. The zero-order valence-electron chi connectivity index (χ0n) is 19.5. The van der Waals surface area contributed by atoms with Crippen molar-refractivity contribution in [1.29, 1.82) is 0 Å². The van der Waals surface area contributed by atoms with E-state index in [0.717, 1.165) is 29.5 Å². The van der Waals surface area contributed by atoms with Crippen LogP contribution >= 0.6 is 11.3 Å². The number of aliphatic imine (C=N–C) groups is 1. The molecule has 1 aromatic carbocycles. The van der Waals surface area contributed by atoms with Gasteiger partial charge in [-0.15, -0.1) is 11.3 Å². The largest absolute Gasteiger partial charge is 0.370 e. The van der Waals surface area contributed by atoms with Crippen molar-refractivity contribution in [1.82, 2.24) is 15.2 Å². The second-order valence-electron chi connectivity index (χ2n) is 7.93. The lowest BCUT2D eigenvalue weighted by molar-refractivity contribution is -0.126. The third-order valence-electron chi connectivity index (χ3n) is 5.56. The third-order valence-corrected chi connectivity index (χ3v) is 6.61. The SMILES string of the molecule is CC.CN(C)C1CCCC1C(=O)NC(CCCN=C(N)N)C(=O)c1nc2ccccc2s1. The average Bonchev–Trinajstić information content (AvgIpc) is 3.44. The maximum absolute atomic E-state index is 13.2. The zero-order chi connectivity index (χ0) is 23.7. The highest BCUT2D eigenvalue weighted by Gasteiger charge is 2.36. The standard InChI is InChI=1S/C21H30N6O2S.C2H6/c1-27(2)16-10-5-7-13(16)19(29)25-15(9-6-12-24-21(22)23)18(28)20-26-14-8-3-4-11-17(14)30-20;1-2/h3-4,8,11,13,15-16H,5-7,9-10,12H2,1-2H3,(H,25,29)(H4,22,23,24);1-2H3. The number of carbonyl (C=O) groups excluding carboxylic acids is 2. The van der Waals surface area contributed by atoms with Gasteiger partial charge in [-0.1, -0.05) is 32.4 Å². The highest BCUT2D eigenvalue weighted by Crippen LogP contribution is 2.29. The van der Waals surface area contributed by atoms with Crippen molar-refractivity contribution in [3.05, 3.63) is 29.3 Å². The molecule has 1 aliphatic rings. The van der Waals surface area contributed by atoms with Gasteiger partial charge in [0.05, 0.1) is 22.2 Å². The fraction of sp³-hybridized carbons (Fsp3) is 0.565. The Labute approximate surface area is 194 Å². The highest BCUT2D eigenvalue weighted by atomic mass is 32.1. The van der Waals surface area contributed by atoms with E-state index >= 15 is 0 Å². The van der Waals surface area contributed by atoms with E-state index in [1.165, 1.54) is 11.3 Å². The predicted octanol–water partition coefficient (Wildman–Crippen LogP) is 2.77. The number of thiazole rings is 1.